The van der Waals surface area contributed by atoms with Crippen molar-refractivity contribution in [2.24, 2.45) is 0 Å². The molecule has 0 amide bonds. The zero-order valence-electron chi connectivity index (χ0n) is 12.4. The van der Waals surface area contributed by atoms with Crippen LogP contribution in [0.3, 0.4) is 0 Å². The Labute approximate surface area is 124 Å². The molecule has 0 unspecified atom stereocenters. The van der Waals surface area contributed by atoms with Crippen LogP contribution < -0.4 is 4.74 Å². The van der Waals surface area contributed by atoms with Gasteiger partial charge in [0.1, 0.15) is 11.3 Å². The fourth-order valence-corrected chi connectivity index (χ4v) is 2.29. The lowest BCUT2D eigenvalue weighted by Gasteiger charge is -2.08. The first-order chi connectivity index (χ1) is 10.2. The molecule has 0 aliphatic rings. The Bertz CT molecular complexity index is 749. The summed E-state index contributed by atoms with van der Waals surface area (Å²) in [4.78, 5) is 0. The molecule has 4 heteroatoms. The highest BCUT2D eigenvalue weighted by Crippen LogP contribution is 2.16. The molecule has 0 aliphatic heterocycles. The standard InChI is InChI=1S/C17H19N3O/c1-13-8-9-15(12-14(13)2)21-11-5-10-20-17-7-4-3-6-16(17)18-19-20/h3-4,6-9,12H,5,10-11H2,1-2H3. The third-order valence-corrected chi connectivity index (χ3v) is 3.68. The van der Waals surface area contributed by atoms with E-state index < -0.39 is 0 Å². The second-order valence-corrected chi connectivity index (χ2v) is 5.25. The van der Waals surface area contributed by atoms with Crippen molar-refractivity contribution in [3.8, 4) is 5.75 Å². The molecule has 0 radical (unpaired) electrons. The van der Waals surface area contributed by atoms with Crippen LogP contribution in [0.4, 0.5) is 0 Å². The number of benzene rings is 2. The maximum absolute atomic E-state index is 5.79. The van der Waals surface area contributed by atoms with Gasteiger partial charge < -0.3 is 4.74 Å². The van der Waals surface area contributed by atoms with E-state index in [4.69, 9.17) is 4.74 Å². The molecule has 4 nitrogen and oxygen atoms in total. The van der Waals surface area contributed by atoms with Crippen LogP contribution in [0.25, 0.3) is 11.0 Å². The molecule has 3 aromatic rings. The van der Waals surface area contributed by atoms with E-state index in [0.717, 1.165) is 29.7 Å². The molecular formula is C17H19N3O. The van der Waals surface area contributed by atoms with Crippen LogP contribution in [0.15, 0.2) is 42.5 Å². The molecule has 0 saturated heterocycles. The number of fused-ring (bicyclic) bond motifs is 1. The molecule has 108 valence electrons. The van der Waals surface area contributed by atoms with Crippen molar-refractivity contribution >= 4 is 11.0 Å². The van der Waals surface area contributed by atoms with Gasteiger partial charge in [0, 0.05) is 13.0 Å². The zero-order chi connectivity index (χ0) is 14.7. The molecule has 1 aromatic heterocycles. The van der Waals surface area contributed by atoms with E-state index in [1.165, 1.54) is 11.1 Å². The SMILES string of the molecule is Cc1ccc(OCCCn2nnc3ccccc32)cc1C. The molecule has 3 rings (SSSR count). The first kappa shape index (κ1) is 13.6. The minimum atomic E-state index is 0.677. The number of hydrogen-bond acceptors (Lipinski definition) is 3. The van der Waals surface area contributed by atoms with E-state index in [1.807, 2.05) is 35.0 Å². The maximum atomic E-state index is 5.79. The molecule has 0 fully saturated rings. The van der Waals surface area contributed by atoms with Gasteiger partial charge in [0.25, 0.3) is 0 Å². The van der Waals surface area contributed by atoms with Crippen LogP contribution in [0.5, 0.6) is 5.75 Å². The lowest BCUT2D eigenvalue weighted by Crippen LogP contribution is -2.06. The van der Waals surface area contributed by atoms with Crippen molar-refractivity contribution in [1.82, 2.24) is 15.0 Å². The minimum absolute atomic E-state index is 0.677. The Morgan fingerprint density at radius 2 is 1.90 bits per heavy atom. The van der Waals surface area contributed by atoms with E-state index in [2.05, 4.69) is 36.3 Å². The summed E-state index contributed by atoms with van der Waals surface area (Å²) in [5, 5.41) is 8.33. The van der Waals surface area contributed by atoms with E-state index in [-0.39, 0.29) is 0 Å². The van der Waals surface area contributed by atoms with Crippen LogP contribution in [0, 0.1) is 13.8 Å². The number of aryl methyl sites for hydroxylation is 3. The maximum Gasteiger partial charge on any atom is 0.119 e. The normalized spacial score (nSPS) is 11.0. The predicted molar refractivity (Wildman–Crippen MR) is 83.6 cm³/mol. The van der Waals surface area contributed by atoms with Gasteiger partial charge >= 0.3 is 0 Å². The molecule has 0 aliphatic carbocycles. The van der Waals surface area contributed by atoms with Crippen LogP contribution in [-0.4, -0.2) is 21.6 Å². The molecule has 0 N–H and O–H groups in total. The highest BCUT2D eigenvalue weighted by molar-refractivity contribution is 5.73. The number of rotatable bonds is 5. The summed E-state index contributed by atoms with van der Waals surface area (Å²) < 4.78 is 7.72. The van der Waals surface area contributed by atoms with E-state index in [1.54, 1.807) is 0 Å². The summed E-state index contributed by atoms with van der Waals surface area (Å²) >= 11 is 0. The van der Waals surface area contributed by atoms with E-state index in [9.17, 15) is 0 Å². The number of hydrogen-bond donors (Lipinski definition) is 0. The molecule has 2 aromatic carbocycles. The van der Waals surface area contributed by atoms with E-state index >= 15 is 0 Å². The minimum Gasteiger partial charge on any atom is -0.494 e. The Balaban J connectivity index is 1.55. The van der Waals surface area contributed by atoms with Crippen molar-refractivity contribution in [1.29, 1.82) is 0 Å². The summed E-state index contributed by atoms with van der Waals surface area (Å²) in [6, 6.07) is 14.2. The Hall–Kier alpha value is -2.36. The summed E-state index contributed by atoms with van der Waals surface area (Å²) in [5.74, 6) is 0.932. The monoisotopic (exact) mass is 281 g/mol. The molecule has 0 bridgehead atoms. The Morgan fingerprint density at radius 1 is 1.05 bits per heavy atom. The summed E-state index contributed by atoms with van der Waals surface area (Å²) in [5.41, 5.74) is 4.56. The van der Waals surface area contributed by atoms with Gasteiger partial charge in [-0.15, -0.1) is 5.10 Å². The number of aromatic nitrogens is 3. The molecule has 0 atom stereocenters. The molecule has 21 heavy (non-hydrogen) atoms. The van der Waals surface area contributed by atoms with Gasteiger partial charge in [-0.25, -0.2) is 4.68 Å². The van der Waals surface area contributed by atoms with Crippen molar-refractivity contribution in [2.75, 3.05) is 6.61 Å². The average Bonchev–Trinajstić information content (AvgIpc) is 2.91. The van der Waals surface area contributed by atoms with Crippen molar-refractivity contribution in [2.45, 2.75) is 26.8 Å². The lowest BCUT2D eigenvalue weighted by molar-refractivity contribution is 0.299. The first-order valence-electron chi connectivity index (χ1n) is 7.22. The van der Waals surface area contributed by atoms with Gasteiger partial charge in [0.05, 0.1) is 12.1 Å². The van der Waals surface area contributed by atoms with Crippen molar-refractivity contribution < 1.29 is 4.74 Å². The quantitative estimate of drug-likeness (QED) is 0.672. The first-order valence-corrected chi connectivity index (χ1v) is 7.22. The molecule has 1 heterocycles. The Kier molecular flexibility index (Phi) is 3.86. The van der Waals surface area contributed by atoms with Gasteiger partial charge in [0.15, 0.2) is 0 Å². The topological polar surface area (TPSA) is 39.9 Å². The largest absolute Gasteiger partial charge is 0.494 e. The van der Waals surface area contributed by atoms with Crippen LogP contribution in [0.2, 0.25) is 0 Å². The Morgan fingerprint density at radius 3 is 2.76 bits per heavy atom. The van der Waals surface area contributed by atoms with Gasteiger partial charge in [-0.05, 0) is 49.2 Å². The second-order valence-electron chi connectivity index (χ2n) is 5.25. The van der Waals surface area contributed by atoms with Gasteiger partial charge in [-0.1, -0.05) is 23.4 Å². The third-order valence-electron chi connectivity index (χ3n) is 3.68. The second kappa shape index (κ2) is 5.95. The third kappa shape index (κ3) is 3.05. The molecular weight excluding hydrogens is 262 g/mol. The smallest absolute Gasteiger partial charge is 0.119 e. The summed E-state index contributed by atoms with van der Waals surface area (Å²) in [6.45, 7) is 5.70. The van der Waals surface area contributed by atoms with Crippen molar-refractivity contribution in [3.05, 3.63) is 53.6 Å². The number of para-hydroxylation sites is 1. The fraction of sp³-hybridized carbons (Fsp3) is 0.294. The van der Waals surface area contributed by atoms with Crippen LogP contribution in [-0.2, 0) is 6.54 Å². The van der Waals surface area contributed by atoms with Gasteiger partial charge in [-0.3, -0.25) is 0 Å². The van der Waals surface area contributed by atoms with Crippen LogP contribution in [0.1, 0.15) is 17.5 Å². The lowest BCUT2D eigenvalue weighted by atomic mass is 10.1. The van der Waals surface area contributed by atoms with E-state index in [0.29, 0.717) is 6.61 Å². The summed E-state index contributed by atoms with van der Waals surface area (Å²) in [7, 11) is 0. The highest BCUT2D eigenvalue weighted by Gasteiger charge is 2.03. The number of nitrogens with zero attached hydrogens (tertiary/aromatic N) is 3. The van der Waals surface area contributed by atoms with Crippen molar-refractivity contribution in [3.63, 3.8) is 0 Å². The molecule has 0 saturated carbocycles. The molecule has 0 spiro atoms. The van der Waals surface area contributed by atoms with Gasteiger partial charge in [-0.2, -0.15) is 0 Å². The van der Waals surface area contributed by atoms with Gasteiger partial charge in [0.2, 0.25) is 0 Å². The fourth-order valence-electron chi connectivity index (χ4n) is 2.29. The predicted octanol–water partition coefficient (Wildman–Crippen LogP) is 3.52. The zero-order valence-corrected chi connectivity index (χ0v) is 12.4. The summed E-state index contributed by atoms with van der Waals surface area (Å²) in [6.07, 6.45) is 0.903. The average molecular weight is 281 g/mol. The highest BCUT2D eigenvalue weighted by atomic mass is 16.5. The van der Waals surface area contributed by atoms with Crippen LogP contribution >= 0.6 is 0 Å². The number of ether oxygens (including phenoxy) is 1.